The van der Waals surface area contributed by atoms with Crippen LogP contribution in [0.5, 0.6) is 0 Å². The van der Waals surface area contributed by atoms with Gasteiger partial charge in [0.15, 0.2) is 12.6 Å². The summed E-state index contributed by atoms with van der Waals surface area (Å²) in [6.45, 7) is 2.16. The van der Waals surface area contributed by atoms with Crippen LogP contribution < -0.4 is 5.32 Å². The van der Waals surface area contributed by atoms with Crippen LogP contribution in [-0.2, 0) is 35.1 Å². The van der Waals surface area contributed by atoms with Crippen LogP contribution in [0.25, 0.3) is 0 Å². The Morgan fingerprint density at radius 3 is 2.47 bits per heavy atom. The smallest absolute Gasteiger partial charge is 0.217 e. The van der Waals surface area contributed by atoms with E-state index in [0.717, 1.165) is 11.1 Å². The zero-order valence-electron chi connectivity index (χ0n) is 18.2. The topological polar surface area (TPSA) is 75.3 Å². The van der Waals surface area contributed by atoms with Crippen molar-refractivity contribution in [1.82, 2.24) is 5.32 Å². The SMILES string of the molecule is CSCO[C@@H]1[C@H](NC(C)=O)[C@H](OCc2ccccc2)O[C@@H]2CO[C@H](c3ccccc3)O[C@H]12. The molecule has 0 aromatic heterocycles. The Balaban J connectivity index is 1.54. The van der Waals surface area contributed by atoms with Crippen molar-refractivity contribution in [1.29, 1.82) is 0 Å². The van der Waals surface area contributed by atoms with Crippen LogP contribution in [0.3, 0.4) is 0 Å². The Morgan fingerprint density at radius 1 is 1.06 bits per heavy atom. The number of ether oxygens (including phenoxy) is 5. The van der Waals surface area contributed by atoms with Crippen molar-refractivity contribution >= 4 is 17.7 Å². The van der Waals surface area contributed by atoms with Crippen LogP contribution in [-0.4, -0.2) is 55.4 Å². The fourth-order valence-electron chi connectivity index (χ4n) is 3.98. The minimum absolute atomic E-state index is 0.185. The summed E-state index contributed by atoms with van der Waals surface area (Å²) in [4.78, 5) is 12.0. The third-order valence-electron chi connectivity index (χ3n) is 5.42. The third-order valence-corrected chi connectivity index (χ3v) is 5.79. The van der Waals surface area contributed by atoms with Crippen LogP contribution in [0.2, 0.25) is 0 Å². The second-order valence-electron chi connectivity index (χ2n) is 7.78. The fourth-order valence-corrected chi connectivity index (χ4v) is 4.27. The summed E-state index contributed by atoms with van der Waals surface area (Å²) in [6.07, 6.45) is -0.525. The number of rotatable bonds is 8. The zero-order valence-corrected chi connectivity index (χ0v) is 19.0. The molecule has 2 aliphatic heterocycles. The van der Waals surface area contributed by atoms with Gasteiger partial charge >= 0.3 is 0 Å². The van der Waals surface area contributed by atoms with Gasteiger partial charge in [-0.3, -0.25) is 4.79 Å². The van der Waals surface area contributed by atoms with Crippen LogP contribution in [0.1, 0.15) is 24.3 Å². The molecule has 0 saturated carbocycles. The van der Waals surface area contributed by atoms with Crippen LogP contribution in [0.15, 0.2) is 60.7 Å². The minimum Gasteiger partial charge on any atom is -0.362 e. The van der Waals surface area contributed by atoms with Crippen LogP contribution in [0.4, 0.5) is 0 Å². The number of hydrogen-bond acceptors (Lipinski definition) is 7. The number of fused-ring (bicyclic) bond motifs is 1. The summed E-state index contributed by atoms with van der Waals surface area (Å²) in [6, 6.07) is 19.1. The average Bonchev–Trinajstić information content (AvgIpc) is 2.82. The summed E-state index contributed by atoms with van der Waals surface area (Å²) in [5, 5.41) is 2.97. The molecule has 8 heteroatoms. The largest absolute Gasteiger partial charge is 0.362 e. The Labute approximate surface area is 192 Å². The molecule has 0 radical (unpaired) electrons. The normalized spacial score (nSPS) is 29.8. The van der Waals surface area contributed by atoms with Crippen molar-refractivity contribution in [2.24, 2.45) is 0 Å². The quantitative estimate of drug-likeness (QED) is 0.608. The minimum atomic E-state index is -0.701. The molecular formula is C24H29NO6S. The van der Waals surface area contributed by atoms with E-state index in [1.54, 1.807) is 11.8 Å². The Morgan fingerprint density at radius 2 is 1.78 bits per heavy atom. The van der Waals surface area contributed by atoms with Crippen LogP contribution in [0, 0.1) is 0 Å². The van der Waals surface area contributed by atoms with Gasteiger partial charge < -0.3 is 29.0 Å². The molecule has 2 saturated heterocycles. The van der Waals surface area contributed by atoms with Crippen molar-refractivity contribution in [2.75, 3.05) is 18.8 Å². The van der Waals surface area contributed by atoms with Crippen LogP contribution >= 0.6 is 11.8 Å². The lowest BCUT2D eigenvalue weighted by molar-refractivity contribution is -0.348. The molecule has 2 fully saturated rings. The van der Waals surface area contributed by atoms with E-state index in [1.807, 2.05) is 66.9 Å². The summed E-state index contributed by atoms with van der Waals surface area (Å²) < 4.78 is 30.8. The molecule has 0 aliphatic carbocycles. The van der Waals surface area contributed by atoms with E-state index in [-0.39, 0.29) is 12.0 Å². The molecule has 2 aromatic carbocycles. The Hall–Kier alpha value is -1.94. The average molecular weight is 460 g/mol. The lowest BCUT2D eigenvalue weighted by Crippen LogP contribution is -2.67. The van der Waals surface area contributed by atoms with Gasteiger partial charge in [0.05, 0.1) is 19.2 Å². The number of carbonyl (C=O) groups excluding carboxylic acids is 1. The first kappa shape index (κ1) is 23.2. The molecule has 2 aromatic rings. The van der Waals surface area contributed by atoms with Crippen molar-refractivity contribution in [3.05, 3.63) is 71.8 Å². The second kappa shape index (κ2) is 11.3. The number of hydrogen-bond donors (Lipinski definition) is 1. The van der Waals surface area contributed by atoms with Gasteiger partial charge in [-0.05, 0) is 11.8 Å². The standard InChI is InChI=1S/C24H29NO6S/c1-16(26)25-20-22(29-15-32-2)21-19(14-28-23(31-21)18-11-7-4-8-12-18)30-24(20)27-13-17-9-5-3-6-10-17/h3-12,19-24H,13-15H2,1-2H3,(H,25,26)/t19-,20+,21+,22-,23+,24-/m1/s1. The maximum absolute atomic E-state index is 12.0. The highest BCUT2D eigenvalue weighted by molar-refractivity contribution is 7.98. The zero-order chi connectivity index (χ0) is 22.3. The highest BCUT2D eigenvalue weighted by Crippen LogP contribution is 2.36. The fraction of sp³-hybridized carbons (Fsp3) is 0.458. The molecule has 2 heterocycles. The van der Waals surface area contributed by atoms with Gasteiger partial charge in [0.2, 0.25) is 5.91 Å². The summed E-state index contributed by atoms with van der Waals surface area (Å²) >= 11 is 1.56. The third kappa shape index (κ3) is 5.70. The van der Waals surface area contributed by atoms with Gasteiger partial charge in [0, 0.05) is 12.5 Å². The summed E-state index contributed by atoms with van der Waals surface area (Å²) in [7, 11) is 0. The van der Waals surface area contributed by atoms with Crippen molar-refractivity contribution in [3.8, 4) is 0 Å². The van der Waals surface area contributed by atoms with E-state index in [0.29, 0.717) is 19.2 Å². The molecule has 1 N–H and O–H groups in total. The van der Waals surface area contributed by atoms with E-state index in [1.165, 1.54) is 6.92 Å². The van der Waals surface area contributed by atoms with E-state index in [4.69, 9.17) is 23.7 Å². The maximum Gasteiger partial charge on any atom is 0.217 e. The lowest BCUT2D eigenvalue weighted by atomic mass is 9.95. The molecule has 6 atom stereocenters. The monoisotopic (exact) mass is 459 g/mol. The molecule has 32 heavy (non-hydrogen) atoms. The molecule has 0 unspecified atom stereocenters. The van der Waals surface area contributed by atoms with Gasteiger partial charge in [0.25, 0.3) is 0 Å². The van der Waals surface area contributed by atoms with Gasteiger partial charge in [0.1, 0.15) is 24.4 Å². The first-order valence-electron chi connectivity index (χ1n) is 10.7. The van der Waals surface area contributed by atoms with Crippen molar-refractivity contribution < 1.29 is 28.5 Å². The van der Waals surface area contributed by atoms with Crippen molar-refractivity contribution in [3.63, 3.8) is 0 Å². The van der Waals surface area contributed by atoms with E-state index in [2.05, 4.69) is 5.32 Å². The Kier molecular flexibility index (Phi) is 8.18. The number of nitrogens with one attached hydrogen (secondary N) is 1. The predicted molar refractivity (Wildman–Crippen MR) is 121 cm³/mol. The molecule has 4 rings (SSSR count). The first-order valence-corrected chi connectivity index (χ1v) is 12.1. The molecule has 0 spiro atoms. The van der Waals surface area contributed by atoms with E-state index < -0.39 is 30.8 Å². The van der Waals surface area contributed by atoms with E-state index >= 15 is 0 Å². The maximum atomic E-state index is 12.0. The number of thioether (sulfide) groups is 1. The van der Waals surface area contributed by atoms with Gasteiger partial charge in [-0.15, -0.1) is 11.8 Å². The van der Waals surface area contributed by atoms with Gasteiger partial charge in [-0.1, -0.05) is 60.7 Å². The number of amides is 1. The second-order valence-corrected chi connectivity index (χ2v) is 8.59. The van der Waals surface area contributed by atoms with Crippen molar-refractivity contribution in [2.45, 2.75) is 50.5 Å². The molecule has 0 bridgehead atoms. The highest BCUT2D eigenvalue weighted by Gasteiger charge is 2.51. The molecular weight excluding hydrogens is 430 g/mol. The molecule has 172 valence electrons. The highest BCUT2D eigenvalue weighted by atomic mass is 32.2. The number of benzene rings is 2. The predicted octanol–water partition coefficient (Wildman–Crippen LogP) is 3.25. The Bertz CT molecular complexity index is 854. The summed E-state index contributed by atoms with van der Waals surface area (Å²) in [5.74, 6) is 0.269. The lowest BCUT2D eigenvalue weighted by Gasteiger charge is -2.49. The summed E-state index contributed by atoms with van der Waals surface area (Å²) in [5.41, 5.74) is 1.94. The molecule has 2 aliphatic rings. The van der Waals surface area contributed by atoms with Gasteiger partial charge in [-0.25, -0.2) is 0 Å². The van der Waals surface area contributed by atoms with E-state index in [9.17, 15) is 4.79 Å². The first-order chi connectivity index (χ1) is 15.7. The molecule has 7 nitrogen and oxygen atoms in total. The molecule has 1 amide bonds. The number of carbonyl (C=O) groups is 1. The van der Waals surface area contributed by atoms with Gasteiger partial charge in [-0.2, -0.15) is 0 Å².